The van der Waals surface area contributed by atoms with Gasteiger partial charge in [0.15, 0.2) is 0 Å². The Labute approximate surface area is 151 Å². The number of likely N-dealkylation sites (tertiary alicyclic amines) is 1. The Bertz CT molecular complexity index is 581. The third-order valence-electron chi connectivity index (χ3n) is 5.28. The van der Waals surface area contributed by atoms with Gasteiger partial charge in [-0.15, -0.1) is 0 Å². The number of hydrogen-bond acceptors (Lipinski definition) is 3. The Morgan fingerprint density at radius 2 is 1.80 bits per heavy atom. The summed E-state index contributed by atoms with van der Waals surface area (Å²) in [7, 11) is 0. The molecule has 0 spiro atoms. The van der Waals surface area contributed by atoms with E-state index in [0.29, 0.717) is 18.9 Å². The zero-order valence-corrected chi connectivity index (χ0v) is 16.0. The molecule has 138 valence electrons. The van der Waals surface area contributed by atoms with Gasteiger partial charge in [-0.3, -0.25) is 4.79 Å². The average Bonchev–Trinajstić information content (AvgIpc) is 2.93. The predicted molar refractivity (Wildman–Crippen MR) is 101 cm³/mol. The summed E-state index contributed by atoms with van der Waals surface area (Å²) >= 11 is 0. The maximum absolute atomic E-state index is 12.8. The summed E-state index contributed by atoms with van der Waals surface area (Å²) in [5, 5.41) is 3.69. The van der Waals surface area contributed by atoms with E-state index in [9.17, 15) is 4.79 Å². The fourth-order valence-electron chi connectivity index (χ4n) is 4.80. The number of ether oxygens (including phenoxy) is 1. The number of nitrogens with zero attached hydrogens (tertiary/aromatic N) is 1. The fraction of sp³-hybridized carbons (Fsp3) is 0.667. The van der Waals surface area contributed by atoms with Crippen LogP contribution in [-0.2, 0) is 4.79 Å². The molecule has 1 aromatic rings. The fourth-order valence-corrected chi connectivity index (χ4v) is 4.80. The van der Waals surface area contributed by atoms with E-state index in [-0.39, 0.29) is 23.1 Å². The van der Waals surface area contributed by atoms with Gasteiger partial charge in [-0.05, 0) is 58.6 Å². The molecule has 4 heteroatoms. The van der Waals surface area contributed by atoms with Crippen LogP contribution in [0.4, 0.5) is 0 Å². The van der Waals surface area contributed by atoms with Crippen LogP contribution in [0.25, 0.3) is 0 Å². The summed E-state index contributed by atoms with van der Waals surface area (Å²) in [4.78, 5) is 14.8. The van der Waals surface area contributed by atoms with Crippen LogP contribution in [0.5, 0.6) is 5.75 Å². The van der Waals surface area contributed by atoms with Crippen molar-refractivity contribution in [3.05, 3.63) is 30.3 Å². The number of amides is 1. The van der Waals surface area contributed by atoms with Gasteiger partial charge in [0.2, 0.25) is 5.91 Å². The molecule has 0 bridgehead atoms. The lowest BCUT2D eigenvalue weighted by Crippen LogP contribution is -2.58. The molecule has 2 aliphatic rings. The summed E-state index contributed by atoms with van der Waals surface area (Å²) < 4.78 is 6.01. The van der Waals surface area contributed by atoms with Crippen LogP contribution in [0.1, 0.15) is 53.4 Å². The van der Waals surface area contributed by atoms with E-state index in [1.807, 2.05) is 35.2 Å². The maximum atomic E-state index is 12.8. The molecule has 1 N–H and O–H groups in total. The first-order valence-corrected chi connectivity index (χ1v) is 9.51. The van der Waals surface area contributed by atoms with Crippen molar-refractivity contribution in [1.82, 2.24) is 10.2 Å². The Kier molecular flexibility index (Phi) is 5.10. The highest BCUT2D eigenvalue weighted by Crippen LogP contribution is 2.35. The molecule has 25 heavy (non-hydrogen) atoms. The van der Waals surface area contributed by atoms with E-state index < -0.39 is 0 Å². The summed E-state index contributed by atoms with van der Waals surface area (Å²) in [6.07, 6.45) is 3.81. The Balaban J connectivity index is 1.52. The van der Waals surface area contributed by atoms with Gasteiger partial charge in [-0.25, -0.2) is 0 Å². The molecule has 1 unspecified atom stereocenters. The van der Waals surface area contributed by atoms with Crippen LogP contribution in [-0.4, -0.2) is 41.1 Å². The standard InChI is InChI=1S/C21H32N2O2/c1-20(2)13-16(14-21(3,4)22-20)12-19(24)23-11-10-18(15-23)25-17-8-6-5-7-9-17/h5-9,16,18,22H,10-15H2,1-4H3. The van der Waals surface area contributed by atoms with Gasteiger partial charge in [-0.1, -0.05) is 18.2 Å². The number of benzene rings is 1. The topological polar surface area (TPSA) is 41.6 Å². The molecule has 1 atom stereocenters. The minimum atomic E-state index is 0.0939. The molecule has 1 aromatic carbocycles. The first-order chi connectivity index (χ1) is 11.7. The van der Waals surface area contributed by atoms with Crippen molar-refractivity contribution < 1.29 is 9.53 Å². The van der Waals surface area contributed by atoms with E-state index in [1.165, 1.54) is 0 Å². The van der Waals surface area contributed by atoms with E-state index >= 15 is 0 Å². The van der Waals surface area contributed by atoms with Gasteiger partial charge < -0.3 is 15.0 Å². The second kappa shape index (κ2) is 6.99. The Morgan fingerprint density at radius 3 is 2.44 bits per heavy atom. The smallest absolute Gasteiger partial charge is 0.222 e. The highest BCUT2D eigenvalue weighted by molar-refractivity contribution is 5.76. The van der Waals surface area contributed by atoms with Crippen LogP contribution >= 0.6 is 0 Å². The molecule has 2 fully saturated rings. The molecular weight excluding hydrogens is 312 g/mol. The maximum Gasteiger partial charge on any atom is 0.222 e. The summed E-state index contributed by atoms with van der Waals surface area (Å²) in [6.45, 7) is 10.5. The molecule has 1 amide bonds. The highest BCUT2D eigenvalue weighted by Gasteiger charge is 2.39. The van der Waals surface area contributed by atoms with Crippen molar-refractivity contribution in [2.24, 2.45) is 5.92 Å². The normalized spacial score (nSPS) is 25.8. The van der Waals surface area contributed by atoms with Crippen LogP contribution in [0.3, 0.4) is 0 Å². The number of nitrogens with one attached hydrogen (secondary N) is 1. The van der Waals surface area contributed by atoms with Crippen molar-refractivity contribution in [3.8, 4) is 5.75 Å². The average molecular weight is 344 g/mol. The zero-order chi connectivity index (χ0) is 18.1. The van der Waals surface area contributed by atoms with Gasteiger partial charge in [0, 0.05) is 30.5 Å². The van der Waals surface area contributed by atoms with Crippen molar-refractivity contribution in [2.45, 2.75) is 70.6 Å². The van der Waals surface area contributed by atoms with Crippen LogP contribution in [0.2, 0.25) is 0 Å². The minimum absolute atomic E-state index is 0.0939. The van der Waals surface area contributed by atoms with E-state index in [1.54, 1.807) is 0 Å². The van der Waals surface area contributed by atoms with Crippen LogP contribution in [0, 0.1) is 5.92 Å². The number of rotatable bonds is 4. The van der Waals surface area contributed by atoms with Gasteiger partial charge in [-0.2, -0.15) is 0 Å². The lowest BCUT2D eigenvalue weighted by atomic mass is 9.74. The summed E-state index contributed by atoms with van der Waals surface area (Å²) in [6, 6.07) is 9.90. The van der Waals surface area contributed by atoms with Gasteiger partial charge in [0.1, 0.15) is 11.9 Å². The molecule has 2 aliphatic heterocycles. The summed E-state index contributed by atoms with van der Waals surface area (Å²) in [5.74, 6) is 1.63. The van der Waals surface area contributed by atoms with E-state index in [2.05, 4.69) is 33.0 Å². The predicted octanol–water partition coefficient (Wildman–Crippen LogP) is 3.61. The minimum Gasteiger partial charge on any atom is -0.489 e. The second-order valence-electron chi connectivity index (χ2n) is 9.05. The largest absolute Gasteiger partial charge is 0.489 e. The zero-order valence-electron chi connectivity index (χ0n) is 16.0. The van der Waals surface area contributed by atoms with Crippen molar-refractivity contribution in [3.63, 3.8) is 0 Å². The van der Waals surface area contributed by atoms with Crippen molar-refractivity contribution in [2.75, 3.05) is 13.1 Å². The Morgan fingerprint density at radius 1 is 1.16 bits per heavy atom. The first kappa shape index (κ1) is 18.2. The number of carbonyl (C=O) groups excluding carboxylic acids is 1. The molecule has 0 aliphatic carbocycles. The highest BCUT2D eigenvalue weighted by atomic mass is 16.5. The molecule has 0 aromatic heterocycles. The first-order valence-electron chi connectivity index (χ1n) is 9.51. The molecule has 0 saturated carbocycles. The van der Waals surface area contributed by atoms with Gasteiger partial charge in [0.25, 0.3) is 0 Å². The number of para-hydroxylation sites is 1. The van der Waals surface area contributed by atoms with Crippen molar-refractivity contribution >= 4 is 5.91 Å². The summed E-state index contributed by atoms with van der Waals surface area (Å²) in [5.41, 5.74) is 0.188. The molecular formula is C21H32N2O2. The third-order valence-corrected chi connectivity index (χ3v) is 5.28. The number of hydrogen-bond donors (Lipinski definition) is 1. The second-order valence-corrected chi connectivity index (χ2v) is 9.05. The molecule has 4 nitrogen and oxygen atoms in total. The molecule has 2 heterocycles. The number of piperidine rings is 1. The lowest BCUT2D eigenvalue weighted by molar-refractivity contribution is -0.132. The van der Waals surface area contributed by atoms with Gasteiger partial charge >= 0.3 is 0 Å². The lowest BCUT2D eigenvalue weighted by Gasteiger charge is -2.46. The number of carbonyl (C=O) groups is 1. The van der Waals surface area contributed by atoms with E-state index in [4.69, 9.17) is 4.74 Å². The molecule has 0 radical (unpaired) electrons. The van der Waals surface area contributed by atoms with Crippen molar-refractivity contribution in [1.29, 1.82) is 0 Å². The third kappa shape index (κ3) is 4.97. The van der Waals surface area contributed by atoms with E-state index in [0.717, 1.165) is 31.6 Å². The molecule has 2 saturated heterocycles. The quantitative estimate of drug-likeness (QED) is 0.907. The SMILES string of the molecule is CC1(C)CC(CC(=O)N2CCC(Oc3ccccc3)C2)CC(C)(C)N1. The molecule has 3 rings (SSSR count). The Hall–Kier alpha value is -1.55. The monoisotopic (exact) mass is 344 g/mol. The van der Waals surface area contributed by atoms with Crippen LogP contribution < -0.4 is 10.1 Å². The van der Waals surface area contributed by atoms with Gasteiger partial charge in [0.05, 0.1) is 6.54 Å². The van der Waals surface area contributed by atoms with Crippen LogP contribution in [0.15, 0.2) is 30.3 Å².